The second-order valence-electron chi connectivity index (χ2n) is 3.03. The molecule has 0 amide bonds. The number of aliphatic hydroxyl groups is 1. The van der Waals surface area contributed by atoms with E-state index in [0.717, 1.165) is 12.8 Å². The van der Waals surface area contributed by atoms with E-state index in [-0.39, 0.29) is 18.1 Å². The van der Waals surface area contributed by atoms with Gasteiger partial charge in [0.25, 0.3) is 5.88 Å². The van der Waals surface area contributed by atoms with E-state index in [0.29, 0.717) is 6.61 Å². The summed E-state index contributed by atoms with van der Waals surface area (Å²) >= 11 is 0. The second kappa shape index (κ2) is 6.14. The number of hydrogen-bond acceptors (Lipinski definition) is 3. The zero-order valence-corrected chi connectivity index (χ0v) is 8.45. The van der Waals surface area contributed by atoms with E-state index in [2.05, 4.69) is 11.6 Å². The molecule has 1 N–H and O–H groups in total. The van der Waals surface area contributed by atoms with Gasteiger partial charge in [0.2, 0.25) is 0 Å². The number of rotatable bonds is 6. The third-order valence-electron chi connectivity index (χ3n) is 1.90. The summed E-state index contributed by atoms with van der Waals surface area (Å²) in [6.07, 6.45) is 4.78. The Morgan fingerprint density at radius 2 is 2.40 bits per heavy atom. The van der Waals surface area contributed by atoms with Crippen LogP contribution >= 0.6 is 0 Å². The van der Waals surface area contributed by atoms with Crippen molar-refractivity contribution in [1.82, 2.24) is 4.98 Å². The van der Waals surface area contributed by atoms with Crippen LogP contribution in [0.15, 0.2) is 24.9 Å². The molecular weight excluding hydrogens is 197 g/mol. The molecule has 1 aromatic rings. The van der Waals surface area contributed by atoms with Gasteiger partial charge in [-0.3, -0.25) is 0 Å². The molecule has 0 fully saturated rings. The molecule has 3 nitrogen and oxygen atoms in total. The van der Waals surface area contributed by atoms with Crippen LogP contribution in [-0.4, -0.2) is 16.7 Å². The molecule has 0 atom stereocenters. The van der Waals surface area contributed by atoms with Crippen LogP contribution in [-0.2, 0) is 6.61 Å². The maximum atomic E-state index is 13.4. The van der Waals surface area contributed by atoms with Crippen molar-refractivity contribution in [1.29, 1.82) is 0 Å². The van der Waals surface area contributed by atoms with Gasteiger partial charge in [-0.15, -0.1) is 6.58 Å². The Morgan fingerprint density at radius 1 is 1.60 bits per heavy atom. The average molecular weight is 211 g/mol. The van der Waals surface area contributed by atoms with Crippen molar-refractivity contribution in [2.75, 3.05) is 6.61 Å². The Labute approximate surface area is 88.2 Å². The van der Waals surface area contributed by atoms with Crippen LogP contribution < -0.4 is 4.74 Å². The Bertz CT molecular complexity index is 328. The zero-order valence-electron chi connectivity index (χ0n) is 8.45. The molecule has 0 radical (unpaired) electrons. The number of unbranched alkanes of at least 4 members (excludes halogenated alkanes) is 1. The van der Waals surface area contributed by atoms with Gasteiger partial charge in [0, 0.05) is 11.8 Å². The van der Waals surface area contributed by atoms with E-state index in [1.54, 1.807) is 6.08 Å². The highest BCUT2D eigenvalue weighted by Gasteiger charge is 2.09. The topological polar surface area (TPSA) is 42.4 Å². The van der Waals surface area contributed by atoms with Crippen molar-refractivity contribution in [3.8, 4) is 5.88 Å². The van der Waals surface area contributed by atoms with Crippen LogP contribution in [0.4, 0.5) is 4.39 Å². The lowest BCUT2D eigenvalue weighted by Gasteiger charge is -2.06. The van der Waals surface area contributed by atoms with E-state index in [1.807, 2.05) is 0 Å². The number of nitrogens with zero attached hydrogens (tertiary/aromatic N) is 1. The molecule has 0 aliphatic rings. The highest BCUT2D eigenvalue weighted by molar-refractivity contribution is 5.22. The fourth-order valence-electron chi connectivity index (χ4n) is 1.08. The summed E-state index contributed by atoms with van der Waals surface area (Å²) in [5.41, 5.74) is 0.198. The number of halogens is 1. The van der Waals surface area contributed by atoms with Crippen molar-refractivity contribution in [3.63, 3.8) is 0 Å². The summed E-state index contributed by atoms with van der Waals surface area (Å²) in [7, 11) is 0. The second-order valence-corrected chi connectivity index (χ2v) is 3.03. The van der Waals surface area contributed by atoms with E-state index < -0.39 is 5.82 Å². The fraction of sp³-hybridized carbons (Fsp3) is 0.364. The zero-order chi connectivity index (χ0) is 11.1. The molecule has 0 aliphatic heterocycles. The third-order valence-corrected chi connectivity index (χ3v) is 1.90. The molecule has 0 saturated heterocycles. The minimum atomic E-state index is -0.585. The van der Waals surface area contributed by atoms with Crippen molar-refractivity contribution >= 4 is 0 Å². The number of aliphatic hydroxyl groups excluding tert-OH is 1. The third kappa shape index (κ3) is 3.32. The summed E-state index contributed by atoms with van der Waals surface area (Å²) in [5, 5.41) is 8.82. The molecule has 0 aromatic carbocycles. The first-order valence-electron chi connectivity index (χ1n) is 4.77. The average Bonchev–Trinajstić information content (AvgIpc) is 2.26. The highest BCUT2D eigenvalue weighted by Crippen LogP contribution is 2.17. The minimum Gasteiger partial charge on any atom is -0.476 e. The predicted octanol–water partition coefficient (Wildman–Crippen LogP) is 2.06. The molecule has 0 bridgehead atoms. The molecule has 4 heteroatoms. The van der Waals surface area contributed by atoms with Gasteiger partial charge in [0.05, 0.1) is 13.2 Å². The maximum absolute atomic E-state index is 13.4. The summed E-state index contributed by atoms with van der Waals surface area (Å²) < 4.78 is 18.6. The van der Waals surface area contributed by atoms with Crippen molar-refractivity contribution in [3.05, 3.63) is 36.3 Å². The van der Waals surface area contributed by atoms with Crippen LogP contribution in [0.3, 0.4) is 0 Å². The van der Waals surface area contributed by atoms with Crippen LogP contribution in [0, 0.1) is 5.82 Å². The molecule has 0 unspecified atom stereocenters. The lowest BCUT2D eigenvalue weighted by Crippen LogP contribution is -2.03. The number of hydrogen-bond donors (Lipinski definition) is 1. The smallest absolute Gasteiger partial charge is 0.250 e. The number of ether oxygens (including phenoxy) is 1. The van der Waals surface area contributed by atoms with Crippen LogP contribution in [0.5, 0.6) is 5.88 Å². The summed E-state index contributed by atoms with van der Waals surface area (Å²) in [6.45, 7) is 3.62. The SMILES string of the molecule is C=CCCCOc1nccc(CO)c1F. The predicted molar refractivity (Wildman–Crippen MR) is 55.0 cm³/mol. The molecule has 1 aromatic heterocycles. The van der Waals surface area contributed by atoms with E-state index in [4.69, 9.17) is 9.84 Å². The van der Waals surface area contributed by atoms with Crippen LogP contribution in [0.1, 0.15) is 18.4 Å². The fourth-order valence-corrected chi connectivity index (χ4v) is 1.08. The Kier molecular flexibility index (Phi) is 4.77. The largest absolute Gasteiger partial charge is 0.476 e. The van der Waals surface area contributed by atoms with Gasteiger partial charge < -0.3 is 9.84 Å². The number of aromatic nitrogens is 1. The monoisotopic (exact) mass is 211 g/mol. The molecule has 15 heavy (non-hydrogen) atoms. The lowest BCUT2D eigenvalue weighted by atomic mass is 10.2. The molecular formula is C11H14FNO2. The van der Waals surface area contributed by atoms with Gasteiger partial charge in [-0.05, 0) is 18.9 Å². The number of pyridine rings is 1. The van der Waals surface area contributed by atoms with Crippen molar-refractivity contribution < 1.29 is 14.2 Å². The van der Waals surface area contributed by atoms with Gasteiger partial charge in [-0.2, -0.15) is 0 Å². The summed E-state index contributed by atoms with van der Waals surface area (Å²) in [5.74, 6) is -0.635. The van der Waals surface area contributed by atoms with Crippen molar-refractivity contribution in [2.45, 2.75) is 19.4 Å². The van der Waals surface area contributed by atoms with Gasteiger partial charge in [-0.25, -0.2) is 9.37 Å². The van der Waals surface area contributed by atoms with Gasteiger partial charge in [0.1, 0.15) is 0 Å². The van der Waals surface area contributed by atoms with Gasteiger partial charge >= 0.3 is 0 Å². The minimum absolute atomic E-state index is 0.0504. The molecule has 82 valence electrons. The van der Waals surface area contributed by atoms with Gasteiger partial charge in [-0.1, -0.05) is 6.08 Å². The highest BCUT2D eigenvalue weighted by atomic mass is 19.1. The van der Waals surface area contributed by atoms with Crippen molar-refractivity contribution in [2.24, 2.45) is 0 Å². The van der Waals surface area contributed by atoms with E-state index in [9.17, 15) is 4.39 Å². The Balaban J connectivity index is 2.56. The standard InChI is InChI=1S/C11H14FNO2/c1-2-3-4-7-15-11-10(12)9(8-14)5-6-13-11/h2,5-6,14H,1,3-4,7-8H2. The van der Waals surface area contributed by atoms with E-state index >= 15 is 0 Å². The molecule has 1 rings (SSSR count). The number of allylic oxidation sites excluding steroid dienone is 1. The van der Waals surface area contributed by atoms with Crippen LogP contribution in [0.2, 0.25) is 0 Å². The molecule has 0 saturated carbocycles. The Morgan fingerprint density at radius 3 is 3.07 bits per heavy atom. The first-order valence-corrected chi connectivity index (χ1v) is 4.77. The first kappa shape index (κ1) is 11.7. The molecule has 0 aliphatic carbocycles. The summed E-state index contributed by atoms with van der Waals surface area (Å²) in [4.78, 5) is 3.75. The maximum Gasteiger partial charge on any atom is 0.250 e. The first-order chi connectivity index (χ1) is 7.29. The van der Waals surface area contributed by atoms with E-state index in [1.165, 1.54) is 12.3 Å². The summed E-state index contributed by atoms with van der Waals surface area (Å²) in [6, 6.07) is 1.42. The van der Waals surface area contributed by atoms with Crippen LogP contribution in [0.25, 0.3) is 0 Å². The van der Waals surface area contributed by atoms with Gasteiger partial charge in [0.15, 0.2) is 5.82 Å². The lowest BCUT2D eigenvalue weighted by molar-refractivity contribution is 0.260. The Hall–Kier alpha value is -1.42. The molecule has 0 spiro atoms. The molecule has 1 heterocycles. The normalized spacial score (nSPS) is 10.0. The quantitative estimate of drug-likeness (QED) is 0.578.